The second-order valence-electron chi connectivity index (χ2n) is 7.56. The maximum atomic E-state index is 6.43. The SMILES string of the molecule is CCCCO[Si](C)(OCCCC)C(C)[Si](C)(OCCCC)OCCCC. The van der Waals surface area contributed by atoms with E-state index in [1.807, 2.05) is 0 Å². The van der Waals surface area contributed by atoms with Gasteiger partial charge in [0.05, 0.1) is 0 Å². The fourth-order valence-corrected chi connectivity index (χ4v) is 10.9. The van der Waals surface area contributed by atoms with Crippen molar-refractivity contribution in [1.29, 1.82) is 0 Å². The molecule has 0 amide bonds. The topological polar surface area (TPSA) is 36.9 Å². The summed E-state index contributed by atoms with van der Waals surface area (Å²) in [5.41, 5.74) is 0. The van der Waals surface area contributed by atoms with Gasteiger partial charge in [-0.2, -0.15) is 0 Å². The Morgan fingerprint density at radius 1 is 0.538 bits per heavy atom. The van der Waals surface area contributed by atoms with Crippen LogP contribution in [0.2, 0.25) is 18.3 Å². The molecule has 0 aromatic carbocycles. The quantitative estimate of drug-likeness (QED) is 0.197. The lowest BCUT2D eigenvalue weighted by molar-refractivity contribution is 0.139. The molecule has 0 saturated carbocycles. The van der Waals surface area contributed by atoms with Crippen LogP contribution in [0.1, 0.15) is 86.0 Å². The summed E-state index contributed by atoms with van der Waals surface area (Å²) < 4.78 is 25.7. The third-order valence-electron chi connectivity index (χ3n) is 5.12. The third kappa shape index (κ3) is 9.99. The van der Waals surface area contributed by atoms with Gasteiger partial charge in [0.2, 0.25) is 0 Å². The van der Waals surface area contributed by atoms with Crippen molar-refractivity contribution in [2.45, 2.75) is 104 Å². The van der Waals surface area contributed by atoms with Crippen LogP contribution >= 0.6 is 0 Å². The number of hydrogen-bond acceptors (Lipinski definition) is 4. The zero-order chi connectivity index (χ0) is 19.9. The summed E-state index contributed by atoms with van der Waals surface area (Å²) in [6.07, 6.45) is 8.89. The highest BCUT2D eigenvalue weighted by Crippen LogP contribution is 2.35. The van der Waals surface area contributed by atoms with Crippen LogP contribution in [-0.2, 0) is 17.7 Å². The first-order chi connectivity index (χ1) is 12.4. The predicted molar refractivity (Wildman–Crippen MR) is 116 cm³/mol. The molecule has 0 fully saturated rings. The van der Waals surface area contributed by atoms with E-state index in [9.17, 15) is 0 Å². The zero-order valence-corrected chi connectivity index (χ0v) is 20.7. The van der Waals surface area contributed by atoms with Crippen LogP contribution in [-0.4, -0.2) is 43.5 Å². The van der Waals surface area contributed by atoms with Crippen molar-refractivity contribution in [2.75, 3.05) is 26.4 Å². The smallest absolute Gasteiger partial charge is 0.339 e. The summed E-state index contributed by atoms with van der Waals surface area (Å²) >= 11 is 0. The Kier molecular flexibility index (Phi) is 15.4. The van der Waals surface area contributed by atoms with Gasteiger partial charge in [-0.25, -0.2) is 0 Å². The summed E-state index contributed by atoms with van der Waals surface area (Å²) in [6.45, 7) is 18.6. The molecular formula is C20H46O4Si2. The Hall–Kier alpha value is 0.274. The van der Waals surface area contributed by atoms with Gasteiger partial charge in [-0.15, -0.1) is 0 Å². The van der Waals surface area contributed by atoms with Crippen molar-refractivity contribution in [3.63, 3.8) is 0 Å². The molecule has 0 bridgehead atoms. The van der Waals surface area contributed by atoms with Crippen molar-refractivity contribution in [3.05, 3.63) is 0 Å². The molecule has 0 rings (SSSR count). The molecule has 0 unspecified atom stereocenters. The van der Waals surface area contributed by atoms with Crippen LogP contribution in [0.15, 0.2) is 0 Å². The van der Waals surface area contributed by atoms with E-state index in [1.54, 1.807) is 0 Å². The van der Waals surface area contributed by atoms with Crippen molar-refractivity contribution in [2.24, 2.45) is 0 Å². The Morgan fingerprint density at radius 2 is 0.769 bits per heavy atom. The van der Waals surface area contributed by atoms with Gasteiger partial charge >= 0.3 is 17.1 Å². The first kappa shape index (κ1) is 26.3. The molecule has 6 heteroatoms. The molecule has 0 aliphatic rings. The van der Waals surface area contributed by atoms with Crippen molar-refractivity contribution >= 4 is 17.1 Å². The number of hydrogen-bond donors (Lipinski definition) is 0. The van der Waals surface area contributed by atoms with E-state index in [0.717, 1.165) is 77.8 Å². The van der Waals surface area contributed by atoms with Crippen LogP contribution in [0, 0.1) is 0 Å². The van der Waals surface area contributed by atoms with E-state index in [2.05, 4.69) is 47.7 Å². The molecule has 0 aliphatic carbocycles. The Bertz CT molecular complexity index is 279. The van der Waals surface area contributed by atoms with E-state index in [0.29, 0.717) is 0 Å². The summed E-state index contributed by atoms with van der Waals surface area (Å²) in [4.78, 5) is 0. The molecule has 0 heterocycles. The summed E-state index contributed by atoms with van der Waals surface area (Å²) in [6, 6.07) is 0. The van der Waals surface area contributed by atoms with E-state index < -0.39 is 17.1 Å². The van der Waals surface area contributed by atoms with E-state index in [-0.39, 0.29) is 5.16 Å². The maximum absolute atomic E-state index is 6.43. The standard InChI is InChI=1S/C20H46O4Si2/c1-8-12-16-21-25(6,22-17-13-9-2)20(5)26(7,23-18-14-10-3)24-19-15-11-4/h20H,8-19H2,1-7H3. The second-order valence-corrected chi connectivity index (χ2v) is 15.1. The van der Waals surface area contributed by atoms with Gasteiger partial charge in [0, 0.05) is 31.6 Å². The van der Waals surface area contributed by atoms with Crippen LogP contribution < -0.4 is 0 Å². The lowest BCUT2D eigenvalue weighted by Crippen LogP contribution is -2.57. The Labute approximate surface area is 165 Å². The second kappa shape index (κ2) is 15.2. The van der Waals surface area contributed by atoms with Gasteiger partial charge in [-0.05, 0) is 38.8 Å². The fourth-order valence-electron chi connectivity index (χ4n) is 2.74. The molecule has 0 spiro atoms. The highest BCUT2D eigenvalue weighted by Gasteiger charge is 2.53. The molecule has 0 radical (unpaired) electrons. The molecular weight excluding hydrogens is 360 g/mol. The lowest BCUT2D eigenvalue weighted by atomic mass is 10.4. The van der Waals surface area contributed by atoms with E-state index >= 15 is 0 Å². The minimum absolute atomic E-state index is 0.234. The minimum atomic E-state index is -2.37. The zero-order valence-electron chi connectivity index (χ0n) is 18.7. The molecule has 0 aromatic rings. The number of rotatable bonds is 18. The van der Waals surface area contributed by atoms with Gasteiger partial charge < -0.3 is 17.7 Å². The van der Waals surface area contributed by atoms with Gasteiger partial charge in [-0.1, -0.05) is 60.3 Å². The molecule has 0 N–H and O–H groups in total. The highest BCUT2D eigenvalue weighted by atomic mass is 28.4. The Morgan fingerprint density at radius 3 is 0.962 bits per heavy atom. The largest absolute Gasteiger partial charge is 0.394 e. The minimum Gasteiger partial charge on any atom is -0.394 e. The Balaban J connectivity index is 5.21. The van der Waals surface area contributed by atoms with Crippen LogP contribution in [0.5, 0.6) is 0 Å². The first-order valence-electron chi connectivity index (χ1n) is 11.0. The van der Waals surface area contributed by atoms with Gasteiger partial charge in [-0.3, -0.25) is 0 Å². The molecule has 0 saturated heterocycles. The molecule has 26 heavy (non-hydrogen) atoms. The molecule has 0 aliphatic heterocycles. The molecule has 4 nitrogen and oxygen atoms in total. The van der Waals surface area contributed by atoms with Crippen molar-refractivity contribution < 1.29 is 17.7 Å². The molecule has 0 atom stereocenters. The van der Waals surface area contributed by atoms with Crippen LogP contribution in [0.3, 0.4) is 0 Å². The van der Waals surface area contributed by atoms with E-state index in [4.69, 9.17) is 17.7 Å². The third-order valence-corrected chi connectivity index (χ3v) is 14.5. The summed E-state index contributed by atoms with van der Waals surface area (Å²) in [7, 11) is -4.74. The van der Waals surface area contributed by atoms with Gasteiger partial charge in [0.25, 0.3) is 0 Å². The molecule has 158 valence electrons. The fraction of sp³-hybridized carbons (Fsp3) is 1.00. The normalized spacial score (nSPS) is 12.9. The summed E-state index contributed by atoms with van der Waals surface area (Å²) in [5, 5.41) is 0.234. The summed E-state index contributed by atoms with van der Waals surface area (Å²) in [5.74, 6) is 0. The lowest BCUT2D eigenvalue weighted by Gasteiger charge is -2.41. The van der Waals surface area contributed by atoms with Crippen molar-refractivity contribution in [1.82, 2.24) is 0 Å². The predicted octanol–water partition coefficient (Wildman–Crippen LogP) is 6.33. The average Bonchev–Trinajstić information content (AvgIpc) is 2.62. The number of unbranched alkanes of at least 4 members (excludes halogenated alkanes) is 4. The van der Waals surface area contributed by atoms with Gasteiger partial charge in [0.15, 0.2) is 0 Å². The monoisotopic (exact) mass is 406 g/mol. The van der Waals surface area contributed by atoms with Crippen LogP contribution in [0.25, 0.3) is 0 Å². The van der Waals surface area contributed by atoms with E-state index in [1.165, 1.54) is 0 Å². The molecule has 0 aromatic heterocycles. The first-order valence-corrected chi connectivity index (χ1v) is 15.7. The van der Waals surface area contributed by atoms with Crippen LogP contribution in [0.4, 0.5) is 0 Å². The highest BCUT2D eigenvalue weighted by molar-refractivity contribution is 6.87. The maximum Gasteiger partial charge on any atom is 0.339 e. The average molecular weight is 407 g/mol. The van der Waals surface area contributed by atoms with Gasteiger partial charge in [0.1, 0.15) is 0 Å². The van der Waals surface area contributed by atoms with Crippen molar-refractivity contribution in [3.8, 4) is 0 Å².